The van der Waals surface area contributed by atoms with Crippen LogP contribution in [0.1, 0.15) is 50.8 Å². The molecule has 0 spiro atoms. The van der Waals surface area contributed by atoms with Crippen molar-refractivity contribution in [3.05, 3.63) is 65.7 Å². The minimum Gasteiger partial charge on any atom is -0.497 e. The third-order valence-corrected chi connectivity index (χ3v) is 4.79. The highest BCUT2D eigenvalue weighted by atomic mass is 16.5. The average molecular weight is 397 g/mol. The van der Waals surface area contributed by atoms with Crippen molar-refractivity contribution < 1.29 is 14.3 Å². The van der Waals surface area contributed by atoms with Gasteiger partial charge in [0, 0.05) is 19.0 Å². The van der Waals surface area contributed by atoms with E-state index >= 15 is 0 Å². The number of nitrogens with zero attached hydrogens (tertiary/aromatic N) is 1. The molecule has 2 aromatic rings. The van der Waals surface area contributed by atoms with Gasteiger partial charge in [-0.25, -0.2) is 0 Å². The number of nitrogens with one attached hydrogen (secondary N) is 1. The molecule has 0 aliphatic carbocycles. The van der Waals surface area contributed by atoms with Gasteiger partial charge in [0.25, 0.3) is 0 Å². The van der Waals surface area contributed by atoms with E-state index in [1.165, 1.54) is 0 Å². The molecule has 0 aliphatic rings. The van der Waals surface area contributed by atoms with E-state index in [0.717, 1.165) is 29.7 Å². The molecular formula is C24H32N2O3. The van der Waals surface area contributed by atoms with Gasteiger partial charge >= 0.3 is 0 Å². The zero-order valence-corrected chi connectivity index (χ0v) is 17.9. The standard InChI is InChI=1S/C24H32N2O3/c1-5-6-16-25-23(27)22(20-10-8-7-9-11-20)26(24(28)18(2)3)17-19-12-14-21(29-4)15-13-19/h7-15,18,22H,5-6,16-17H2,1-4H3,(H,25,27). The van der Waals surface area contributed by atoms with E-state index in [0.29, 0.717) is 13.1 Å². The fourth-order valence-electron chi connectivity index (χ4n) is 3.15. The molecule has 0 bridgehead atoms. The molecule has 2 rings (SSSR count). The Morgan fingerprint density at radius 2 is 1.69 bits per heavy atom. The molecule has 0 aliphatic heterocycles. The molecule has 2 aromatic carbocycles. The summed E-state index contributed by atoms with van der Waals surface area (Å²) in [6.45, 7) is 6.76. The van der Waals surface area contributed by atoms with Crippen LogP contribution in [0, 0.1) is 5.92 Å². The van der Waals surface area contributed by atoms with Crippen LogP contribution in [0.4, 0.5) is 0 Å². The van der Waals surface area contributed by atoms with Crippen LogP contribution in [-0.2, 0) is 16.1 Å². The maximum absolute atomic E-state index is 13.2. The lowest BCUT2D eigenvalue weighted by molar-refractivity contribution is -0.144. The van der Waals surface area contributed by atoms with Crippen LogP contribution in [0.2, 0.25) is 0 Å². The smallest absolute Gasteiger partial charge is 0.247 e. The van der Waals surface area contributed by atoms with Crippen LogP contribution < -0.4 is 10.1 Å². The number of carbonyl (C=O) groups excluding carboxylic acids is 2. The van der Waals surface area contributed by atoms with Crippen molar-refractivity contribution >= 4 is 11.8 Å². The van der Waals surface area contributed by atoms with E-state index in [9.17, 15) is 9.59 Å². The summed E-state index contributed by atoms with van der Waals surface area (Å²) in [6, 6.07) is 16.4. The average Bonchev–Trinajstić information content (AvgIpc) is 2.74. The Hall–Kier alpha value is -2.82. The number of methoxy groups -OCH3 is 1. The largest absolute Gasteiger partial charge is 0.497 e. The molecule has 29 heavy (non-hydrogen) atoms. The van der Waals surface area contributed by atoms with Crippen LogP contribution in [-0.4, -0.2) is 30.4 Å². The van der Waals surface area contributed by atoms with E-state index in [1.54, 1.807) is 12.0 Å². The van der Waals surface area contributed by atoms with E-state index in [1.807, 2.05) is 68.4 Å². The number of benzene rings is 2. The first-order chi connectivity index (χ1) is 14.0. The Balaban J connectivity index is 2.39. The molecular weight excluding hydrogens is 364 g/mol. The summed E-state index contributed by atoms with van der Waals surface area (Å²) in [5, 5.41) is 3.01. The Labute approximate surface area is 174 Å². The summed E-state index contributed by atoms with van der Waals surface area (Å²) in [5.74, 6) is 0.336. The molecule has 0 radical (unpaired) electrons. The van der Waals surface area contributed by atoms with Crippen molar-refractivity contribution in [3.8, 4) is 5.75 Å². The number of ether oxygens (including phenoxy) is 1. The van der Waals surface area contributed by atoms with Crippen LogP contribution in [0.15, 0.2) is 54.6 Å². The second kappa shape index (κ2) is 11.2. The molecule has 0 aromatic heterocycles. The van der Waals surface area contributed by atoms with Crippen LogP contribution in [0.5, 0.6) is 5.75 Å². The quantitative estimate of drug-likeness (QED) is 0.608. The predicted octanol–water partition coefficient (Wildman–Crippen LogP) is 4.34. The summed E-state index contributed by atoms with van der Waals surface area (Å²) in [6.07, 6.45) is 1.90. The van der Waals surface area contributed by atoms with Crippen molar-refractivity contribution in [1.82, 2.24) is 10.2 Å². The Morgan fingerprint density at radius 1 is 1.03 bits per heavy atom. The summed E-state index contributed by atoms with van der Waals surface area (Å²) >= 11 is 0. The number of hydrogen-bond acceptors (Lipinski definition) is 3. The summed E-state index contributed by atoms with van der Waals surface area (Å²) in [4.78, 5) is 28.0. The van der Waals surface area contributed by atoms with Gasteiger partial charge < -0.3 is 15.0 Å². The molecule has 5 nitrogen and oxygen atoms in total. The second-order valence-electron chi connectivity index (χ2n) is 7.43. The summed E-state index contributed by atoms with van der Waals surface area (Å²) < 4.78 is 5.23. The monoisotopic (exact) mass is 396 g/mol. The topological polar surface area (TPSA) is 58.6 Å². The van der Waals surface area contributed by atoms with Gasteiger partial charge in [0.1, 0.15) is 11.8 Å². The normalized spacial score (nSPS) is 11.8. The lowest BCUT2D eigenvalue weighted by Gasteiger charge is -2.33. The number of rotatable bonds is 10. The van der Waals surface area contributed by atoms with Crippen molar-refractivity contribution in [2.24, 2.45) is 5.92 Å². The van der Waals surface area contributed by atoms with Gasteiger partial charge in [0.15, 0.2) is 0 Å². The lowest BCUT2D eigenvalue weighted by Crippen LogP contribution is -2.45. The second-order valence-corrected chi connectivity index (χ2v) is 7.43. The first-order valence-electron chi connectivity index (χ1n) is 10.2. The predicted molar refractivity (Wildman–Crippen MR) is 115 cm³/mol. The number of carbonyl (C=O) groups is 2. The summed E-state index contributed by atoms with van der Waals surface area (Å²) in [7, 11) is 1.62. The molecule has 1 N–H and O–H groups in total. The van der Waals surface area contributed by atoms with Gasteiger partial charge in [-0.15, -0.1) is 0 Å². The molecule has 0 saturated carbocycles. The maximum Gasteiger partial charge on any atom is 0.247 e. The molecule has 1 atom stereocenters. The minimum atomic E-state index is -0.676. The molecule has 5 heteroatoms. The van der Waals surface area contributed by atoms with Gasteiger partial charge in [-0.05, 0) is 29.7 Å². The van der Waals surface area contributed by atoms with Gasteiger partial charge in [0.2, 0.25) is 11.8 Å². The van der Waals surface area contributed by atoms with Gasteiger partial charge in [-0.2, -0.15) is 0 Å². The molecule has 0 fully saturated rings. The zero-order valence-electron chi connectivity index (χ0n) is 17.9. The molecule has 1 unspecified atom stereocenters. The minimum absolute atomic E-state index is 0.0553. The molecule has 0 saturated heterocycles. The third kappa shape index (κ3) is 6.34. The Kier molecular flexibility index (Phi) is 8.71. The third-order valence-electron chi connectivity index (χ3n) is 4.79. The van der Waals surface area contributed by atoms with Crippen molar-refractivity contribution in [2.45, 2.75) is 46.2 Å². The fourth-order valence-corrected chi connectivity index (χ4v) is 3.15. The molecule has 0 heterocycles. The van der Waals surface area contributed by atoms with Crippen molar-refractivity contribution in [1.29, 1.82) is 0 Å². The van der Waals surface area contributed by atoms with Gasteiger partial charge in [-0.3, -0.25) is 9.59 Å². The highest BCUT2D eigenvalue weighted by Gasteiger charge is 2.32. The number of hydrogen-bond donors (Lipinski definition) is 1. The van der Waals surface area contributed by atoms with Crippen LogP contribution in [0.3, 0.4) is 0 Å². The SMILES string of the molecule is CCCCNC(=O)C(c1ccccc1)N(Cc1ccc(OC)cc1)C(=O)C(C)C. The van der Waals surface area contributed by atoms with Gasteiger partial charge in [-0.1, -0.05) is 69.7 Å². The maximum atomic E-state index is 13.2. The van der Waals surface area contributed by atoms with E-state index < -0.39 is 6.04 Å². The van der Waals surface area contributed by atoms with Gasteiger partial charge in [0.05, 0.1) is 7.11 Å². The molecule has 156 valence electrons. The molecule has 2 amide bonds. The zero-order chi connectivity index (χ0) is 21.2. The first kappa shape index (κ1) is 22.5. The van der Waals surface area contributed by atoms with Crippen molar-refractivity contribution in [3.63, 3.8) is 0 Å². The Morgan fingerprint density at radius 3 is 2.24 bits per heavy atom. The highest BCUT2D eigenvalue weighted by Crippen LogP contribution is 2.26. The van der Waals surface area contributed by atoms with E-state index in [4.69, 9.17) is 4.74 Å². The highest BCUT2D eigenvalue weighted by molar-refractivity contribution is 5.89. The fraction of sp³-hybridized carbons (Fsp3) is 0.417. The van der Waals surface area contributed by atoms with E-state index in [-0.39, 0.29) is 17.7 Å². The first-order valence-corrected chi connectivity index (χ1v) is 10.2. The Bertz CT molecular complexity index is 772. The summed E-state index contributed by atoms with van der Waals surface area (Å²) in [5.41, 5.74) is 1.76. The van der Waals surface area contributed by atoms with Crippen molar-refractivity contribution in [2.75, 3.05) is 13.7 Å². The van der Waals surface area contributed by atoms with Crippen LogP contribution in [0.25, 0.3) is 0 Å². The van der Waals surface area contributed by atoms with Crippen LogP contribution >= 0.6 is 0 Å². The number of unbranched alkanes of at least 4 members (excludes halogenated alkanes) is 1. The lowest BCUT2D eigenvalue weighted by atomic mass is 10.0. The number of amides is 2. The van der Waals surface area contributed by atoms with E-state index in [2.05, 4.69) is 12.2 Å².